The van der Waals surface area contributed by atoms with Crippen LogP contribution in [0.2, 0.25) is 5.02 Å². The number of aromatic nitrogens is 2. The first-order valence-corrected chi connectivity index (χ1v) is 14.1. The van der Waals surface area contributed by atoms with E-state index in [4.69, 9.17) is 25.8 Å². The molecule has 1 N–H and O–H groups in total. The Kier molecular flexibility index (Phi) is 6.95. The number of halogens is 1. The molecule has 2 fully saturated rings. The fourth-order valence-corrected chi connectivity index (χ4v) is 6.22. The van der Waals surface area contributed by atoms with E-state index >= 15 is 0 Å². The SMILES string of the molecule is Cc1cccc(Cl)c1-c1noc(C2CC2)c1COC1CCN(c2nc(-c3cccc(C(=O)O)c3)cs2)CC1. The number of nitrogens with zero attached hydrogens (tertiary/aromatic N) is 3. The Morgan fingerprint density at radius 2 is 1.97 bits per heavy atom. The van der Waals surface area contributed by atoms with Crippen LogP contribution in [0.5, 0.6) is 0 Å². The summed E-state index contributed by atoms with van der Waals surface area (Å²) in [6.45, 7) is 4.20. The smallest absolute Gasteiger partial charge is 0.335 e. The van der Waals surface area contributed by atoms with E-state index in [1.54, 1.807) is 29.5 Å². The number of carbonyl (C=O) groups is 1. The van der Waals surface area contributed by atoms with Crippen molar-refractivity contribution in [3.63, 3.8) is 0 Å². The highest BCUT2D eigenvalue weighted by molar-refractivity contribution is 7.14. The number of hydrogen-bond donors (Lipinski definition) is 1. The predicted octanol–water partition coefficient (Wildman–Crippen LogP) is 7.19. The van der Waals surface area contributed by atoms with Crippen LogP contribution < -0.4 is 4.90 Å². The minimum Gasteiger partial charge on any atom is -0.478 e. The van der Waals surface area contributed by atoms with Crippen molar-refractivity contribution in [1.29, 1.82) is 0 Å². The molecular formula is C29H28ClN3O4S. The molecule has 38 heavy (non-hydrogen) atoms. The number of anilines is 1. The second-order valence-corrected chi connectivity index (χ2v) is 11.2. The Morgan fingerprint density at radius 3 is 2.71 bits per heavy atom. The minimum atomic E-state index is -0.936. The second-order valence-electron chi connectivity index (χ2n) is 9.98. The quantitative estimate of drug-likeness (QED) is 0.249. The van der Waals surface area contributed by atoms with Crippen molar-refractivity contribution in [3.05, 3.63) is 75.3 Å². The van der Waals surface area contributed by atoms with Crippen LogP contribution in [-0.4, -0.2) is 40.4 Å². The zero-order chi connectivity index (χ0) is 26.2. The van der Waals surface area contributed by atoms with Crippen molar-refractivity contribution in [2.75, 3.05) is 18.0 Å². The molecule has 9 heteroatoms. The molecule has 2 aromatic carbocycles. The summed E-state index contributed by atoms with van der Waals surface area (Å²) in [5.41, 5.74) is 5.70. The van der Waals surface area contributed by atoms with Gasteiger partial charge in [0.25, 0.3) is 0 Å². The number of carboxylic acid groups (broad SMARTS) is 1. The molecule has 1 aliphatic carbocycles. The minimum absolute atomic E-state index is 0.139. The summed E-state index contributed by atoms with van der Waals surface area (Å²) in [4.78, 5) is 18.4. The Bertz CT molecular complexity index is 1450. The van der Waals surface area contributed by atoms with Crippen LogP contribution in [-0.2, 0) is 11.3 Å². The molecule has 2 aliphatic rings. The first-order valence-electron chi connectivity index (χ1n) is 12.9. The fourth-order valence-electron chi connectivity index (χ4n) is 5.02. The third-order valence-electron chi connectivity index (χ3n) is 7.30. The van der Waals surface area contributed by atoms with Crippen LogP contribution >= 0.6 is 22.9 Å². The van der Waals surface area contributed by atoms with Crippen molar-refractivity contribution in [3.8, 4) is 22.5 Å². The van der Waals surface area contributed by atoms with Gasteiger partial charge in [-0.1, -0.05) is 41.0 Å². The van der Waals surface area contributed by atoms with Gasteiger partial charge in [0.15, 0.2) is 5.13 Å². The zero-order valence-electron chi connectivity index (χ0n) is 21.0. The highest BCUT2D eigenvalue weighted by Crippen LogP contribution is 2.45. The van der Waals surface area contributed by atoms with Gasteiger partial charge >= 0.3 is 5.97 Å². The molecule has 7 nitrogen and oxygen atoms in total. The van der Waals surface area contributed by atoms with E-state index in [-0.39, 0.29) is 11.7 Å². The van der Waals surface area contributed by atoms with Gasteiger partial charge in [-0.15, -0.1) is 11.3 Å². The van der Waals surface area contributed by atoms with Crippen molar-refractivity contribution >= 4 is 34.0 Å². The molecule has 1 saturated carbocycles. The first-order chi connectivity index (χ1) is 18.5. The van der Waals surface area contributed by atoms with Crippen LogP contribution in [0.1, 0.15) is 58.8 Å². The number of carboxylic acids is 1. The van der Waals surface area contributed by atoms with Crippen molar-refractivity contribution in [2.24, 2.45) is 0 Å². The number of thiazole rings is 1. The Morgan fingerprint density at radius 1 is 1.18 bits per heavy atom. The van der Waals surface area contributed by atoms with Gasteiger partial charge < -0.3 is 19.3 Å². The Labute approximate surface area is 230 Å². The van der Waals surface area contributed by atoms with Gasteiger partial charge in [-0.05, 0) is 56.4 Å². The Hall–Kier alpha value is -3.20. The van der Waals surface area contributed by atoms with E-state index < -0.39 is 5.97 Å². The van der Waals surface area contributed by atoms with Crippen molar-refractivity contribution in [2.45, 2.75) is 51.2 Å². The molecule has 6 rings (SSSR count). The number of benzene rings is 2. The third-order valence-corrected chi connectivity index (χ3v) is 8.52. The second kappa shape index (κ2) is 10.5. The molecule has 3 heterocycles. The maximum atomic E-state index is 11.3. The summed E-state index contributed by atoms with van der Waals surface area (Å²) in [6.07, 6.45) is 4.18. The monoisotopic (exact) mass is 549 g/mol. The largest absolute Gasteiger partial charge is 0.478 e. The van der Waals surface area contributed by atoms with Crippen molar-refractivity contribution in [1.82, 2.24) is 10.1 Å². The standard InChI is InChI=1S/C29H28ClN3O4S/c1-17-4-2-7-23(30)25(17)26-22(27(37-32-26)18-8-9-18)15-36-21-10-12-33(13-11-21)29-31-24(16-38-29)19-5-3-6-20(14-19)28(34)35/h2-7,14,16,18,21H,8-13,15H2,1H3,(H,34,35). The molecule has 0 atom stereocenters. The number of ether oxygens (including phenoxy) is 1. The lowest BCUT2D eigenvalue weighted by molar-refractivity contribution is 0.0246. The van der Waals surface area contributed by atoms with E-state index in [2.05, 4.69) is 10.1 Å². The molecule has 0 amide bonds. The number of aromatic carboxylic acids is 1. The van der Waals surface area contributed by atoms with Gasteiger partial charge in [0.1, 0.15) is 11.5 Å². The summed E-state index contributed by atoms with van der Waals surface area (Å²) < 4.78 is 12.3. The zero-order valence-corrected chi connectivity index (χ0v) is 22.6. The van der Waals surface area contributed by atoms with E-state index in [0.29, 0.717) is 17.5 Å². The van der Waals surface area contributed by atoms with Gasteiger partial charge in [0.2, 0.25) is 0 Å². The molecule has 0 radical (unpaired) electrons. The molecular weight excluding hydrogens is 522 g/mol. The summed E-state index contributed by atoms with van der Waals surface area (Å²) in [6, 6.07) is 12.8. The van der Waals surface area contributed by atoms with Gasteiger partial charge in [-0.25, -0.2) is 9.78 Å². The van der Waals surface area contributed by atoms with Crippen LogP contribution in [0, 0.1) is 6.92 Å². The van der Waals surface area contributed by atoms with Crippen LogP contribution in [0.15, 0.2) is 52.4 Å². The molecule has 2 aromatic heterocycles. The van der Waals surface area contributed by atoms with Crippen LogP contribution in [0.3, 0.4) is 0 Å². The number of rotatable bonds is 8. The van der Waals surface area contributed by atoms with E-state index in [1.165, 1.54) is 0 Å². The van der Waals surface area contributed by atoms with Crippen molar-refractivity contribution < 1.29 is 19.2 Å². The summed E-state index contributed by atoms with van der Waals surface area (Å²) in [5.74, 6) is 0.433. The molecule has 0 unspecified atom stereocenters. The van der Waals surface area contributed by atoms with Crippen LogP contribution in [0.25, 0.3) is 22.5 Å². The lowest BCUT2D eigenvalue weighted by Crippen LogP contribution is -2.37. The van der Waals surface area contributed by atoms with Crippen LogP contribution in [0.4, 0.5) is 5.13 Å². The molecule has 0 spiro atoms. The molecule has 1 aliphatic heterocycles. The topological polar surface area (TPSA) is 88.7 Å². The maximum absolute atomic E-state index is 11.3. The van der Waals surface area contributed by atoms with Gasteiger partial charge in [0.05, 0.1) is 29.0 Å². The van der Waals surface area contributed by atoms with E-state index in [1.807, 2.05) is 36.6 Å². The number of aryl methyl sites for hydroxylation is 1. The van der Waals surface area contributed by atoms with E-state index in [9.17, 15) is 9.90 Å². The maximum Gasteiger partial charge on any atom is 0.335 e. The molecule has 0 bridgehead atoms. The Balaban J connectivity index is 1.11. The highest BCUT2D eigenvalue weighted by Gasteiger charge is 2.34. The summed E-state index contributed by atoms with van der Waals surface area (Å²) in [7, 11) is 0. The molecule has 4 aromatic rings. The predicted molar refractivity (Wildman–Crippen MR) is 148 cm³/mol. The highest BCUT2D eigenvalue weighted by atomic mass is 35.5. The molecule has 1 saturated heterocycles. The normalized spacial score (nSPS) is 16.2. The van der Waals surface area contributed by atoms with Gasteiger partial charge in [-0.2, -0.15) is 0 Å². The van der Waals surface area contributed by atoms with Gasteiger partial charge in [0, 0.05) is 41.1 Å². The summed E-state index contributed by atoms with van der Waals surface area (Å²) in [5, 5.41) is 17.3. The average molecular weight is 550 g/mol. The summed E-state index contributed by atoms with van der Waals surface area (Å²) >= 11 is 8.15. The lowest BCUT2D eigenvalue weighted by Gasteiger charge is -2.31. The van der Waals surface area contributed by atoms with Gasteiger partial charge in [-0.3, -0.25) is 0 Å². The fraction of sp³-hybridized carbons (Fsp3) is 0.345. The average Bonchev–Trinajstić information content (AvgIpc) is 3.49. The molecule has 196 valence electrons. The third kappa shape index (κ3) is 5.08. The number of hydrogen-bond acceptors (Lipinski definition) is 7. The number of piperidine rings is 1. The first kappa shape index (κ1) is 25.1. The lowest BCUT2D eigenvalue weighted by atomic mass is 10.0. The van der Waals surface area contributed by atoms with E-state index in [0.717, 1.165) is 83.3 Å².